The molecule has 1 aromatic rings. The van der Waals surface area contributed by atoms with Crippen molar-refractivity contribution in [2.45, 2.75) is 19.3 Å². The summed E-state index contributed by atoms with van der Waals surface area (Å²) >= 11 is 0. The molecule has 5 nitrogen and oxygen atoms in total. The molecule has 2 rings (SSSR count). The number of halogens is 1. The van der Waals surface area contributed by atoms with Gasteiger partial charge >= 0.3 is 0 Å². The molecular formula is C10H17ClN4O. The van der Waals surface area contributed by atoms with E-state index in [0.29, 0.717) is 12.2 Å². The smallest absolute Gasteiger partial charge is 0.272 e. The van der Waals surface area contributed by atoms with Crippen LogP contribution in [-0.4, -0.2) is 36.2 Å². The van der Waals surface area contributed by atoms with E-state index in [1.54, 1.807) is 0 Å². The van der Waals surface area contributed by atoms with Gasteiger partial charge in [0.1, 0.15) is 0 Å². The van der Waals surface area contributed by atoms with Crippen LogP contribution in [0.15, 0.2) is 0 Å². The van der Waals surface area contributed by atoms with Gasteiger partial charge in [0, 0.05) is 24.3 Å². The second kappa shape index (κ2) is 5.86. The molecular weight excluding hydrogens is 228 g/mol. The van der Waals surface area contributed by atoms with E-state index >= 15 is 0 Å². The van der Waals surface area contributed by atoms with Crippen LogP contribution in [0.1, 0.15) is 28.2 Å². The Bertz CT molecular complexity index is 364. The van der Waals surface area contributed by atoms with Crippen molar-refractivity contribution < 1.29 is 4.79 Å². The molecule has 0 spiro atoms. The van der Waals surface area contributed by atoms with E-state index in [0.717, 1.165) is 37.1 Å². The van der Waals surface area contributed by atoms with Gasteiger partial charge in [-0.25, -0.2) is 0 Å². The Morgan fingerprint density at radius 2 is 2.25 bits per heavy atom. The molecule has 0 atom stereocenters. The number of carbonyl (C=O) groups is 1. The van der Waals surface area contributed by atoms with Crippen molar-refractivity contribution in [1.82, 2.24) is 20.8 Å². The highest BCUT2D eigenvalue weighted by Gasteiger charge is 2.22. The standard InChI is InChI=1S/C10H16N4O.ClH/c1-11-5-6-12-10(15)9-7-3-2-4-8(7)13-14-9;/h11H,2-6H2,1H3,(H,12,15)(H,13,14);1H. The summed E-state index contributed by atoms with van der Waals surface area (Å²) in [4.78, 5) is 11.7. The van der Waals surface area contributed by atoms with E-state index < -0.39 is 0 Å². The highest BCUT2D eigenvalue weighted by atomic mass is 35.5. The molecule has 0 radical (unpaired) electrons. The van der Waals surface area contributed by atoms with Crippen LogP contribution < -0.4 is 10.6 Å². The zero-order chi connectivity index (χ0) is 10.7. The number of hydrogen-bond acceptors (Lipinski definition) is 3. The van der Waals surface area contributed by atoms with Crippen molar-refractivity contribution in [2.75, 3.05) is 20.1 Å². The lowest BCUT2D eigenvalue weighted by atomic mass is 10.2. The number of nitrogens with one attached hydrogen (secondary N) is 3. The molecule has 0 saturated carbocycles. The second-order valence-corrected chi connectivity index (χ2v) is 3.74. The first kappa shape index (κ1) is 13.0. The molecule has 1 aliphatic rings. The summed E-state index contributed by atoms with van der Waals surface area (Å²) in [7, 11) is 1.86. The van der Waals surface area contributed by atoms with E-state index in [4.69, 9.17) is 0 Å². The highest BCUT2D eigenvalue weighted by Crippen LogP contribution is 2.22. The van der Waals surface area contributed by atoms with Gasteiger partial charge in [0.25, 0.3) is 5.91 Å². The number of rotatable bonds is 4. The zero-order valence-electron chi connectivity index (χ0n) is 9.30. The molecule has 90 valence electrons. The Labute approximate surface area is 101 Å². The summed E-state index contributed by atoms with van der Waals surface area (Å²) in [6, 6.07) is 0. The molecule has 0 fully saturated rings. The lowest BCUT2D eigenvalue weighted by Crippen LogP contribution is -2.31. The van der Waals surface area contributed by atoms with Crippen LogP contribution in [0, 0.1) is 0 Å². The Morgan fingerprint density at radius 1 is 1.44 bits per heavy atom. The quantitative estimate of drug-likeness (QED) is 0.666. The fraction of sp³-hybridized carbons (Fsp3) is 0.600. The largest absolute Gasteiger partial charge is 0.349 e. The molecule has 0 bridgehead atoms. The zero-order valence-corrected chi connectivity index (χ0v) is 10.1. The summed E-state index contributed by atoms with van der Waals surface area (Å²) in [6.07, 6.45) is 3.12. The van der Waals surface area contributed by atoms with Gasteiger partial charge < -0.3 is 10.6 Å². The fourth-order valence-electron chi connectivity index (χ4n) is 1.89. The SMILES string of the molecule is CNCCNC(=O)c1n[nH]c2c1CCC2.Cl. The van der Waals surface area contributed by atoms with Crippen LogP contribution in [0.25, 0.3) is 0 Å². The number of amides is 1. The monoisotopic (exact) mass is 244 g/mol. The van der Waals surface area contributed by atoms with Crippen molar-refractivity contribution in [3.63, 3.8) is 0 Å². The summed E-state index contributed by atoms with van der Waals surface area (Å²) < 4.78 is 0. The number of aromatic amines is 1. The third-order valence-corrected chi connectivity index (χ3v) is 2.68. The van der Waals surface area contributed by atoms with Gasteiger partial charge in [-0.05, 0) is 26.3 Å². The normalized spacial score (nSPS) is 13.1. The Balaban J connectivity index is 0.00000128. The van der Waals surface area contributed by atoms with Crippen LogP contribution in [0.5, 0.6) is 0 Å². The first-order chi connectivity index (χ1) is 7.33. The van der Waals surface area contributed by atoms with E-state index in [1.807, 2.05) is 7.05 Å². The molecule has 1 heterocycles. The number of carbonyl (C=O) groups excluding carboxylic acids is 1. The van der Waals surface area contributed by atoms with Crippen molar-refractivity contribution in [1.29, 1.82) is 0 Å². The minimum atomic E-state index is -0.0651. The van der Waals surface area contributed by atoms with Gasteiger partial charge in [0.2, 0.25) is 0 Å². The van der Waals surface area contributed by atoms with E-state index in [-0.39, 0.29) is 18.3 Å². The first-order valence-corrected chi connectivity index (χ1v) is 5.32. The molecule has 1 aliphatic carbocycles. The van der Waals surface area contributed by atoms with Gasteiger partial charge in [0.05, 0.1) is 0 Å². The Hall–Kier alpha value is -1.07. The molecule has 0 aromatic carbocycles. The van der Waals surface area contributed by atoms with Crippen LogP contribution in [0.4, 0.5) is 0 Å². The lowest BCUT2D eigenvalue weighted by Gasteiger charge is -2.02. The number of aryl methyl sites for hydroxylation is 1. The van der Waals surface area contributed by atoms with Crippen molar-refractivity contribution in [2.24, 2.45) is 0 Å². The summed E-state index contributed by atoms with van der Waals surface area (Å²) in [5.41, 5.74) is 2.82. The third-order valence-electron chi connectivity index (χ3n) is 2.68. The van der Waals surface area contributed by atoms with E-state index in [1.165, 1.54) is 0 Å². The summed E-state index contributed by atoms with van der Waals surface area (Å²) in [5, 5.41) is 12.8. The predicted octanol–water partition coefficient (Wildman–Crippen LogP) is 0.269. The predicted molar refractivity (Wildman–Crippen MR) is 64.1 cm³/mol. The maximum atomic E-state index is 11.7. The lowest BCUT2D eigenvalue weighted by molar-refractivity contribution is 0.0948. The van der Waals surface area contributed by atoms with Gasteiger partial charge in [0.15, 0.2) is 5.69 Å². The number of H-pyrrole nitrogens is 1. The van der Waals surface area contributed by atoms with Crippen LogP contribution >= 0.6 is 12.4 Å². The summed E-state index contributed by atoms with van der Waals surface area (Å²) in [6.45, 7) is 1.41. The number of hydrogen-bond donors (Lipinski definition) is 3. The molecule has 1 aromatic heterocycles. The number of fused-ring (bicyclic) bond motifs is 1. The fourth-order valence-corrected chi connectivity index (χ4v) is 1.89. The van der Waals surface area contributed by atoms with Crippen LogP contribution in [-0.2, 0) is 12.8 Å². The Kier molecular flexibility index (Phi) is 4.76. The van der Waals surface area contributed by atoms with Crippen molar-refractivity contribution in [3.05, 3.63) is 17.0 Å². The van der Waals surface area contributed by atoms with Crippen molar-refractivity contribution >= 4 is 18.3 Å². The minimum Gasteiger partial charge on any atom is -0.349 e. The third kappa shape index (κ3) is 2.54. The number of nitrogens with zero attached hydrogens (tertiary/aromatic N) is 1. The van der Waals surface area contributed by atoms with Crippen LogP contribution in [0.2, 0.25) is 0 Å². The van der Waals surface area contributed by atoms with Gasteiger partial charge in [-0.1, -0.05) is 0 Å². The maximum Gasteiger partial charge on any atom is 0.272 e. The topological polar surface area (TPSA) is 69.8 Å². The molecule has 0 aliphatic heterocycles. The van der Waals surface area contributed by atoms with Gasteiger partial charge in [-0.3, -0.25) is 9.89 Å². The molecule has 0 saturated heterocycles. The maximum absolute atomic E-state index is 11.7. The number of likely N-dealkylation sites (N-methyl/N-ethyl adjacent to an activating group) is 1. The molecule has 0 unspecified atom stereocenters. The average molecular weight is 245 g/mol. The first-order valence-electron chi connectivity index (χ1n) is 5.32. The Morgan fingerprint density at radius 3 is 3.00 bits per heavy atom. The summed E-state index contributed by atoms with van der Waals surface area (Å²) in [5.74, 6) is -0.0651. The van der Waals surface area contributed by atoms with Crippen molar-refractivity contribution in [3.8, 4) is 0 Å². The second-order valence-electron chi connectivity index (χ2n) is 3.74. The molecule has 1 amide bonds. The van der Waals surface area contributed by atoms with Crippen LogP contribution in [0.3, 0.4) is 0 Å². The highest BCUT2D eigenvalue weighted by molar-refractivity contribution is 5.94. The molecule has 3 N–H and O–H groups in total. The number of aromatic nitrogens is 2. The molecule has 16 heavy (non-hydrogen) atoms. The van der Waals surface area contributed by atoms with E-state index in [9.17, 15) is 4.79 Å². The average Bonchev–Trinajstić information content (AvgIpc) is 2.78. The molecule has 6 heteroatoms. The van der Waals surface area contributed by atoms with Gasteiger partial charge in [-0.15, -0.1) is 12.4 Å². The van der Waals surface area contributed by atoms with E-state index in [2.05, 4.69) is 20.8 Å². The van der Waals surface area contributed by atoms with Gasteiger partial charge in [-0.2, -0.15) is 5.10 Å². The minimum absolute atomic E-state index is 0.